The molecule has 3 heterocycles. The van der Waals surface area contributed by atoms with Gasteiger partial charge < -0.3 is 24.5 Å². The first-order valence-corrected chi connectivity index (χ1v) is 9.80. The van der Waals surface area contributed by atoms with Crippen molar-refractivity contribution >= 4 is 28.5 Å². The number of nitrogens with zero attached hydrogens (tertiary/aromatic N) is 2. The molecule has 1 aromatic heterocycles. The highest BCUT2D eigenvalue weighted by Gasteiger charge is 2.39. The van der Waals surface area contributed by atoms with Crippen LogP contribution >= 0.6 is 0 Å². The lowest BCUT2D eigenvalue weighted by Gasteiger charge is -2.38. The number of fused-ring (bicyclic) bond motifs is 1. The van der Waals surface area contributed by atoms with Crippen molar-refractivity contribution < 1.29 is 19.0 Å². The molecule has 2 aliphatic rings. The number of ether oxygens (including phenoxy) is 2. The maximum absolute atomic E-state index is 14.1. The van der Waals surface area contributed by atoms with Crippen LogP contribution in [0.1, 0.15) is 18.4 Å². The Morgan fingerprint density at radius 3 is 2.52 bits per heavy atom. The summed E-state index contributed by atoms with van der Waals surface area (Å²) in [6.45, 7) is 3.13. The van der Waals surface area contributed by atoms with Gasteiger partial charge >= 0.3 is 0 Å². The Morgan fingerprint density at radius 1 is 1.07 bits per heavy atom. The fraction of sp³-hybridized carbons (Fsp3) is 0.318. The topological polar surface area (TPSA) is 70.1 Å². The van der Waals surface area contributed by atoms with Crippen molar-refractivity contribution in [2.45, 2.75) is 18.6 Å². The number of hydrogen-bond donors (Lipinski definition) is 2. The van der Waals surface area contributed by atoms with E-state index >= 15 is 0 Å². The summed E-state index contributed by atoms with van der Waals surface area (Å²) >= 11 is 0. The van der Waals surface area contributed by atoms with Gasteiger partial charge in [-0.1, -0.05) is 6.07 Å². The van der Waals surface area contributed by atoms with Crippen molar-refractivity contribution in [1.82, 2.24) is 4.98 Å². The molecule has 0 amide bonds. The summed E-state index contributed by atoms with van der Waals surface area (Å²) in [5.41, 5.74) is 2.74. The number of hydrogen-bond acceptors (Lipinski definition) is 5. The second kappa shape index (κ2) is 7.17. The third kappa shape index (κ3) is 3.36. The summed E-state index contributed by atoms with van der Waals surface area (Å²) in [5, 5.41) is 10.4. The Labute approximate surface area is 167 Å². The minimum absolute atomic E-state index is 0.0935. The van der Waals surface area contributed by atoms with E-state index in [0.717, 1.165) is 37.3 Å². The number of nitrogens with one attached hydrogen (secondary N) is 1. The third-order valence-corrected chi connectivity index (χ3v) is 5.69. The molecule has 29 heavy (non-hydrogen) atoms. The number of benzene rings is 2. The molecule has 7 heteroatoms. The number of piperidine rings is 1. The minimum Gasteiger partial charge on any atom is -0.494 e. The molecule has 0 aliphatic carbocycles. The van der Waals surface area contributed by atoms with Crippen LogP contribution in [0.5, 0.6) is 5.88 Å². The zero-order valence-electron chi connectivity index (χ0n) is 15.9. The quantitative estimate of drug-likeness (QED) is 0.655. The van der Waals surface area contributed by atoms with E-state index in [0.29, 0.717) is 29.7 Å². The molecule has 2 aliphatic heterocycles. The molecular formula is C22H22FN3O3. The van der Waals surface area contributed by atoms with Crippen molar-refractivity contribution in [3.05, 3.63) is 53.8 Å². The highest BCUT2D eigenvalue weighted by Crippen LogP contribution is 2.34. The normalized spacial score (nSPS) is 19.0. The van der Waals surface area contributed by atoms with Crippen molar-refractivity contribution in [2.24, 2.45) is 4.99 Å². The number of aromatic amines is 1. The maximum Gasteiger partial charge on any atom is 0.198 e. The van der Waals surface area contributed by atoms with Crippen LogP contribution in [0, 0.1) is 5.82 Å². The smallest absolute Gasteiger partial charge is 0.198 e. The monoisotopic (exact) mass is 395 g/mol. The molecule has 2 saturated heterocycles. The molecule has 150 valence electrons. The van der Waals surface area contributed by atoms with E-state index in [1.165, 1.54) is 12.3 Å². The van der Waals surface area contributed by atoms with Gasteiger partial charge in [0.25, 0.3) is 0 Å². The number of halogens is 1. The van der Waals surface area contributed by atoms with Crippen LogP contribution in [0.25, 0.3) is 10.9 Å². The fourth-order valence-electron chi connectivity index (χ4n) is 4.12. The van der Waals surface area contributed by atoms with Crippen molar-refractivity contribution in [3.8, 4) is 5.88 Å². The molecule has 2 fully saturated rings. The van der Waals surface area contributed by atoms with E-state index in [1.54, 1.807) is 12.1 Å². The number of aromatic nitrogens is 1. The first-order chi connectivity index (χ1) is 14.1. The zero-order valence-corrected chi connectivity index (χ0v) is 15.9. The lowest BCUT2D eigenvalue weighted by molar-refractivity contribution is -0.169. The fourth-order valence-corrected chi connectivity index (χ4v) is 4.12. The van der Waals surface area contributed by atoms with Crippen LogP contribution < -0.4 is 4.90 Å². The zero-order chi connectivity index (χ0) is 19.8. The average molecular weight is 395 g/mol. The van der Waals surface area contributed by atoms with E-state index in [4.69, 9.17) is 9.47 Å². The molecule has 0 unspecified atom stereocenters. The molecule has 2 aromatic carbocycles. The second-order valence-corrected chi connectivity index (χ2v) is 7.42. The summed E-state index contributed by atoms with van der Waals surface area (Å²) in [6, 6.07) is 12.6. The Kier molecular flexibility index (Phi) is 4.49. The van der Waals surface area contributed by atoms with E-state index in [9.17, 15) is 9.50 Å². The van der Waals surface area contributed by atoms with Crippen LogP contribution in [0.4, 0.5) is 15.8 Å². The van der Waals surface area contributed by atoms with Gasteiger partial charge in [-0.3, -0.25) is 4.99 Å². The lowest BCUT2D eigenvalue weighted by atomic mass is 10.0. The summed E-state index contributed by atoms with van der Waals surface area (Å²) in [6.07, 6.45) is 3.21. The molecule has 0 bridgehead atoms. The molecule has 0 radical (unpaired) electrons. The Bertz CT molecular complexity index is 1050. The first kappa shape index (κ1) is 18.1. The van der Waals surface area contributed by atoms with Gasteiger partial charge in [0.2, 0.25) is 0 Å². The van der Waals surface area contributed by atoms with E-state index in [2.05, 4.69) is 14.9 Å². The van der Waals surface area contributed by atoms with E-state index in [1.807, 2.05) is 24.3 Å². The van der Waals surface area contributed by atoms with Gasteiger partial charge in [0.15, 0.2) is 11.7 Å². The van der Waals surface area contributed by atoms with Gasteiger partial charge in [0, 0.05) is 43.2 Å². The number of H-pyrrole nitrogens is 1. The van der Waals surface area contributed by atoms with Gasteiger partial charge in [-0.15, -0.1) is 0 Å². The van der Waals surface area contributed by atoms with E-state index in [-0.39, 0.29) is 11.7 Å². The Morgan fingerprint density at radius 2 is 1.79 bits per heavy atom. The summed E-state index contributed by atoms with van der Waals surface area (Å²) in [4.78, 5) is 9.50. The summed E-state index contributed by atoms with van der Waals surface area (Å²) < 4.78 is 25.7. The first-order valence-electron chi connectivity index (χ1n) is 9.80. The van der Waals surface area contributed by atoms with Crippen molar-refractivity contribution in [3.63, 3.8) is 0 Å². The Hall–Kier alpha value is -2.90. The highest BCUT2D eigenvalue weighted by molar-refractivity contribution is 6.02. The molecular weight excluding hydrogens is 373 g/mol. The lowest BCUT2D eigenvalue weighted by Crippen LogP contribution is -2.45. The van der Waals surface area contributed by atoms with Crippen molar-refractivity contribution in [1.29, 1.82) is 0 Å². The predicted molar refractivity (Wildman–Crippen MR) is 110 cm³/mol. The maximum atomic E-state index is 14.1. The standard InChI is InChI=1S/C22H22FN3O3/c23-18-2-1-3-19-20(18)17(21(27)25-19)14-24-15-4-6-16(7-5-15)26-10-8-22(9-11-26)28-12-13-29-22/h1-7,14,25,27H,8-13H2. The van der Waals surface area contributed by atoms with Gasteiger partial charge in [0.1, 0.15) is 5.82 Å². The van der Waals surface area contributed by atoms with Crippen molar-refractivity contribution in [2.75, 3.05) is 31.2 Å². The molecule has 0 saturated carbocycles. The SMILES string of the molecule is Oc1[nH]c2cccc(F)c2c1C=Nc1ccc(N2CCC3(CC2)OCCO3)cc1. The number of rotatable bonds is 3. The van der Waals surface area contributed by atoms with Crippen LogP contribution in [0.2, 0.25) is 0 Å². The largest absolute Gasteiger partial charge is 0.494 e. The molecule has 6 nitrogen and oxygen atoms in total. The molecule has 5 rings (SSSR count). The molecule has 0 atom stereocenters. The second-order valence-electron chi connectivity index (χ2n) is 7.42. The van der Waals surface area contributed by atoms with Gasteiger partial charge in [-0.2, -0.15) is 0 Å². The Balaban J connectivity index is 1.31. The van der Waals surface area contributed by atoms with Gasteiger partial charge in [0.05, 0.1) is 30.0 Å². The summed E-state index contributed by atoms with van der Waals surface area (Å²) in [7, 11) is 0. The van der Waals surface area contributed by atoms with Gasteiger partial charge in [-0.25, -0.2) is 4.39 Å². The van der Waals surface area contributed by atoms with E-state index < -0.39 is 5.82 Å². The highest BCUT2D eigenvalue weighted by atomic mass is 19.1. The van der Waals surface area contributed by atoms with Crippen LogP contribution in [0.3, 0.4) is 0 Å². The predicted octanol–water partition coefficient (Wildman–Crippen LogP) is 4.11. The minimum atomic E-state index is -0.395. The van der Waals surface area contributed by atoms with Crippen LogP contribution in [0.15, 0.2) is 47.5 Å². The average Bonchev–Trinajstić information content (AvgIpc) is 3.32. The molecule has 1 spiro atoms. The van der Waals surface area contributed by atoms with Crippen LogP contribution in [-0.4, -0.2) is 48.4 Å². The summed E-state index contributed by atoms with van der Waals surface area (Å²) in [5.74, 6) is -0.866. The molecule has 3 aromatic rings. The number of aliphatic imine (C=N–C) groups is 1. The molecule has 2 N–H and O–H groups in total. The number of anilines is 1. The third-order valence-electron chi connectivity index (χ3n) is 5.69. The van der Waals surface area contributed by atoms with Gasteiger partial charge in [-0.05, 0) is 36.4 Å². The van der Waals surface area contributed by atoms with Crippen LogP contribution in [-0.2, 0) is 9.47 Å². The number of aromatic hydroxyl groups is 1.